The maximum atomic E-state index is 12.9. The van der Waals surface area contributed by atoms with Crippen LogP contribution in [0.25, 0.3) is 0 Å². The predicted molar refractivity (Wildman–Crippen MR) is 122 cm³/mol. The molecule has 32 heavy (non-hydrogen) atoms. The van der Waals surface area contributed by atoms with Crippen molar-refractivity contribution < 1.29 is 19.1 Å². The molecule has 1 N–H and O–H groups in total. The van der Waals surface area contributed by atoms with Crippen LogP contribution in [0.3, 0.4) is 0 Å². The van der Waals surface area contributed by atoms with E-state index < -0.39 is 5.92 Å². The zero-order valence-corrected chi connectivity index (χ0v) is 18.7. The molecule has 2 aromatic rings. The number of anilines is 2. The van der Waals surface area contributed by atoms with Crippen LogP contribution < -0.4 is 24.6 Å². The molecule has 1 atom stereocenters. The fourth-order valence-corrected chi connectivity index (χ4v) is 4.41. The quantitative estimate of drug-likeness (QED) is 0.716. The van der Waals surface area contributed by atoms with E-state index in [1.165, 1.54) is 19.3 Å². The van der Waals surface area contributed by atoms with E-state index in [2.05, 4.69) is 15.2 Å². The van der Waals surface area contributed by atoms with Gasteiger partial charge in [-0.2, -0.15) is 0 Å². The van der Waals surface area contributed by atoms with Gasteiger partial charge in [0.15, 0.2) is 11.5 Å². The molecule has 0 saturated carbocycles. The summed E-state index contributed by atoms with van der Waals surface area (Å²) in [6, 6.07) is 9.23. The molecule has 0 radical (unpaired) electrons. The molecule has 4 rings (SSSR count). The van der Waals surface area contributed by atoms with Crippen LogP contribution in [0.2, 0.25) is 0 Å². The first kappa shape index (κ1) is 21.9. The summed E-state index contributed by atoms with van der Waals surface area (Å²) < 4.78 is 10.6. The van der Waals surface area contributed by atoms with Crippen LogP contribution in [-0.4, -0.2) is 50.7 Å². The number of benzene rings is 1. The van der Waals surface area contributed by atoms with Crippen LogP contribution in [-0.2, 0) is 16.1 Å². The Balaban J connectivity index is 1.40. The number of ether oxygens (including phenoxy) is 2. The normalized spacial score (nSPS) is 18.6. The number of hydrogen-bond donors (Lipinski definition) is 1. The van der Waals surface area contributed by atoms with Gasteiger partial charge in [0.2, 0.25) is 11.8 Å². The van der Waals surface area contributed by atoms with Gasteiger partial charge in [-0.3, -0.25) is 9.59 Å². The zero-order valence-electron chi connectivity index (χ0n) is 18.7. The van der Waals surface area contributed by atoms with Crippen LogP contribution >= 0.6 is 0 Å². The molecule has 1 aromatic carbocycles. The van der Waals surface area contributed by atoms with Gasteiger partial charge in [-0.25, -0.2) is 4.98 Å². The molecule has 8 heteroatoms. The number of carbonyl (C=O) groups excluding carboxylic acids is 2. The molecule has 170 valence electrons. The minimum Gasteiger partial charge on any atom is -0.493 e. The highest BCUT2D eigenvalue weighted by molar-refractivity contribution is 6.00. The summed E-state index contributed by atoms with van der Waals surface area (Å²) >= 11 is 0. The summed E-state index contributed by atoms with van der Waals surface area (Å²) in [6.45, 7) is 2.73. The molecule has 2 aliphatic rings. The summed E-state index contributed by atoms with van der Waals surface area (Å²) in [5, 5.41) is 3.02. The largest absolute Gasteiger partial charge is 0.493 e. The third kappa shape index (κ3) is 4.64. The van der Waals surface area contributed by atoms with Crippen LogP contribution in [0.15, 0.2) is 36.5 Å². The van der Waals surface area contributed by atoms with Crippen molar-refractivity contribution in [1.29, 1.82) is 0 Å². The Hall–Kier alpha value is -3.29. The molecule has 8 nitrogen and oxygen atoms in total. The fraction of sp³-hybridized carbons (Fsp3) is 0.458. The second kappa shape index (κ2) is 9.89. The van der Waals surface area contributed by atoms with Crippen molar-refractivity contribution in [3.05, 3.63) is 42.1 Å². The van der Waals surface area contributed by atoms with Crippen LogP contribution in [0, 0.1) is 5.92 Å². The van der Waals surface area contributed by atoms with Gasteiger partial charge in [0.05, 0.1) is 20.1 Å². The van der Waals surface area contributed by atoms with Crippen LogP contribution in [0.1, 0.15) is 31.2 Å². The number of amides is 2. The van der Waals surface area contributed by atoms with E-state index in [0.29, 0.717) is 30.3 Å². The lowest BCUT2D eigenvalue weighted by atomic mass is 10.1. The number of aromatic nitrogens is 1. The average molecular weight is 439 g/mol. The number of methoxy groups -OCH3 is 2. The summed E-state index contributed by atoms with van der Waals surface area (Å²) in [4.78, 5) is 34.0. The van der Waals surface area contributed by atoms with E-state index >= 15 is 0 Å². The lowest BCUT2D eigenvalue weighted by Gasteiger charge is -2.29. The monoisotopic (exact) mass is 438 g/mol. The molecule has 1 aromatic heterocycles. The van der Waals surface area contributed by atoms with Crippen LogP contribution in [0.5, 0.6) is 11.5 Å². The molecule has 2 saturated heterocycles. The molecular weight excluding hydrogens is 408 g/mol. The number of hydrogen-bond acceptors (Lipinski definition) is 6. The van der Waals surface area contributed by atoms with Crippen molar-refractivity contribution in [3.63, 3.8) is 0 Å². The van der Waals surface area contributed by atoms with Crippen molar-refractivity contribution >= 4 is 23.3 Å². The van der Waals surface area contributed by atoms with Crippen molar-refractivity contribution in [2.45, 2.75) is 32.2 Å². The van der Waals surface area contributed by atoms with E-state index in [1.54, 1.807) is 43.5 Å². The number of rotatable bonds is 7. The first-order chi connectivity index (χ1) is 15.6. The van der Waals surface area contributed by atoms with Crippen LogP contribution in [0.4, 0.5) is 11.5 Å². The maximum absolute atomic E-state index is 12.9. The number of carbonyl (C=O) groups is 2. The van der Waals surface area contributed by atoms with E-state index in [0.717, 1.165) is 24.5 Å². The maximum Gasteiger partial charge on any atom is 0.227 e. The molecule has 0 bridgehead atoms. The van der Waals surface area contributed by atoms with Crippen molar-refractivity contribution in [2.24, 2.45) is 5.92 Å². The molecule has 3 heterocycles. The summed E-state index contributed by atoms with van der Waals surface area (Å²) in [6.07, 6.45) is 5.57. The lowest BCUT2D eigenvalue weighted by Crippen LogP contribution is -2.34. The summed E-state index contributed by atoms with van der Waals surface area (Å²) in [5.74, 6) is 1.50. The Morgan fingerprint density at radius 3 is 2.66 bits per heavy atom. The van der Waals surface area contributed by atoms with Gasteiger partial charge in [-0.05, 0) is 37.5 Å². The molecule has 2 amide bonds. The van der Waals surface area contributed by atoms with Gasteiger partial charge in [0.1, 0.15) is 5.82 Å². The lowest BCUT2D eigenvalue weighted by molar-refractivity contribution is -0.126. The van der Waals surface area contributed by atoms with Gasteiger partial charge >= 0.3 is 0 Å². The van der Waals surface area contributed by atoms with Gasteiger partial charge < -0.3 is 24.6 Å². The fourth-order valence-electron chi connectivity index (χ4n) is 4.41. The van der Waals surface area contributed by atoms with E-state index in [-0.39, 0.29) is 18.2 Å². The summed E-state index contributed by atoms with van der Waals surface area (Å²) in [7, 11) is 3.12. The van der Waals surface area contributed by atoms with Crippen molar-refractivity contribution in [3.8, 4) is 11.5 Å². The van der Waals surface area contributed by atoms with Gasteiger partial charge in [-0.15, -0.1) is 0 Å². The minimum absolute atomic E-state index is 0.0762. The van der Waals surface area contributed by atoms with Gasteiger partial charge in [-0.1, -0.05) is 6.07 Å². The molecule has 2 fully saturated rings. The van der Waals surface area contributed by atoms with E-state index in [4.69, 9.17) is 9.47 Å². The Bertz CT molecular complexity index is 974. The Morgan fingerprint density at radius 2 is 1.91 bits per heavy atom. The van der Waals surface area contributed by atoms with E-state index in [1.807, 2.05) is 12.1 Å². The minimum atomic E-state index is -0.397. The first-order valence-electron chi connectivity index (χ1n) is 11.1. The smallest absolute Gasteiger partial charge is 0.227 e. The molecule has 0 spiro atoms. The number of nitrogens with one attached hydrogen (secondary N) is 1. The second-order valence-electron chi connectivity index (χ2n) is 8.20. The zero-order chi connectivity index (χ0) is 22.5. The average Bonchev–Trinajstić information content (AvgIpc) is 3.24. The first-order valence-corrected chi connectivity index (χ1v) is 11.1. The standard InChI is InChI=1S/C24H30N4O4/c1-31-20-9-8-19(14-21(20)32-2)28-16-18(13-22(28)29)24(30)26-15-17-7-6-10-25-23(17)27-11-4-3-5-12-27/h6-10,14,18H,3-5,11-13,15-16H2,1-2H3,(H,26,30). The highest BCUT2D eigenvalue weighted by Gasteiger charge is 2.35. The molecular formula is C24H30N4O4. The Labute approximate surface area is 188 Å². The highest BCUT2D eigenvalue weighted by Crippen LogP contribution is 2.34. The molecule has 1 unspecified atom stereocenters. The predicted octanol–water partition coefficient (Wildman–Crippen LogP) is 2.76. The van der Waals surface area contributed by atoms with Gasteiger partial charge in [0.25, 0.3) is 0 Å². The number of piperidine rings is 1. The highest BCUT2D eigenvalue weighted by atomic mass is 16.5. The topological polar surface area (TPSA) is 84.0 Å². The summed E-state index contributed by atoms with van der Waals surface area (Å²) in [5.41, 5.74) is 1.70. The Morgan fingerprint density at radius 1 is 1.12 bits per heavy atom. The van der Waals surface area contributed by atoms with E-state index in [9.17, 15) is 9.59 Å². The Kier molecular flexibility index (Phi) is 6.78. The molecule has 0 aliphatic carbocycles. The molecule has 2 aliphatic heterocycles. The third-order valence-corrected chi connectivity index (χ3v) is 6.15. The SMILES string of the molecule is COc1ccc(N2CC(C(=O)NCc3cccnc3N3CCCCC3)CC2=O)cc1OC. The number of nitrogens with zero attached hydrogens (tertiary/aromatic N) is 3. The van der Waals surface area contributed by atoms with Gasteiger partial charge in [0, 0.05) is 56.1 Å². The second-order valence-corrected chi connectivity index (χ2v) is 8.20. The van der Waals surface area contributed by atoms with Crippen molar-refractivity contribution in [2.75, 3.05) is 43.7 Å². The number of pyridine rings is 1. The van der Waals surface area contributed by atoms with Crippen molar-refractivity contribution in [1.82, 2.24) is 10.3 Å². The third-order valence-electron chi connectivity index (χ3n) is 6.15.